The van der Waals surface area contributed by atoms with Crippen molar-refractivity contribution >= 4 is 21.9 Å². The molecule has 0 fully saturated rings. The summed E-state index contributed by atoms with van der Waals surface area (Å²) < 4.78 is 8.61. The summed E-state index contributed by atoms with van der Waals surface area (Å²) in [4.78, 5) is 4.62. The van der Waals surface area contributed by atoms with E-state index in [0.717, 1.165) is 44.5 Å². The van der Waals surface area contributed by atoms with Gasteiger partial charge >= 0.3 is 0 Å². The number of aryl methyl sites for hydroxylation is 2. The minimum Gasteiger partial charge on any atom is -0.453 e. The van der Waals surface area contributed by atoms with Crippen molar-refractivity contribution in [1.29, 1.82) is 0 Å². The monoisotopic (exact) mass is 351 g/mol. The highest BCUT2D eigenvalue weighted by atomic mass is 16.3. The van der Waals surface area contributed by atoms with Gasteiger partial charge in [-0.2, -0.15) is 0 Å². The van der Waals surface area contributed by atoms with Crippen LogP contribution in [0.1, 0.15) is 5.56 Å². The molecular formula is C24H19N2O+. The van der Waals surface area contributed by atoms with Gasteiger partial charge in [0, 0.05) is 34.7 Å². The number of aromatic nitrogens is 2. The molecule has 3 heteroatoms. The van der Waals surface area contributed by atoms with Crippen molar-refractivity contribution in [2.75, 3.05) is 0 Å². The van der Waals surface area contributed by atoms with Gasteiger partial charge in [-0.1, -0.05) is 42.5 Å². The molecule has 3 aromatic heterocycles. The molecule has 0 saturated heterocycles. The smallest absolute Gasteiger partial charge is 0.216 e. The minimum atomic E-state index is 0.837. The number of furan rings is 1. The number of pyridine rings is 2. The van der Waals surface area contributed by atoms with Crippen molar-refractivity contribution in [3.05, 3.63) is 84.7 Å². The van der Waals surface area contributed by atoms with Gasteiger partial charge in [0.2, 0.25) is 5.69 Å². The number of hydrogen-bond donors (Lipinski definition) is 0. The molecule has 0 bridgehead atoms. The average Bonchev–Trinajstić information content (AvgIpc) is 3.08. The van der Waals surface area contributed by atoms with E-state index < -0.39 is 0 Å². The molecule has 5 aromatic rings. The lowest BCUT2D eigenvalue weighted by molar-refractivity contribution is -0.660. The second-order valence-corrected chi connectivity index (χ2v) is 6.84. The van der Waals surface area contributed by atoms with Crippen LogP contribution in [0.2, 0.25) is 0 Å². The molecule has 0 saturated carbocycles. The molecule has 0 atom stereocenters. The fourth-order valence-corrected chi connectivity index (χ4v) is 3.77. The highest BCUT2D eigenvalue weighted by molar-refractivity contribution is 6.12. The van der Waals surface area contributed by atoms with Crippen LogP contribution >= 0.6 is 0 Å². The van der Waals surface area contributed by atoms with E-state index in [1.165, 1.54) is 5.56 Å². The lowest BCUT2D eigenvalue weighted by Gasteiger charge is -2.04. The van der Waals surface area contributed by atoms with Gasteiger partial charge in [0.05, 0.1) is 5.56 Å². The van der Waals surface area contributed by atoms with E-state index in [-0.39, 0.29) is 0 Å². The summed E-state index contributed by atoms with van der Waals surface area (Å²) in [5, 5.41) is 2.22. The van der Waals surface area contributed by atoms with Gasteiger partial charge < -0.3 is 4.42 Å². The summed E-state index contributed by atoms with van der Waals surface area (Å²) in [7, 11) is 2.06. The van der Waals surface area contributed by atoms with Crippen molar-refractivity contribution in [3.63, 3.8) is 0 Å². The molecule has 27 heavy (non-hydrogen) atoms. The predicted molar refractivity (Wildman–Crippen MR) is 108 cm³/mol. The maximum Gasteiger partial charge on any atom is 0.216 e. The van der Waals surface area contributed by atoms with Crippen LogP contribution in [0.4, 0.5) is 0 Å². The van der Waals surface area contributed by atoms with E-state index in [0.29, 0.717) is 0 Å². The Bertz CT molecular complexity index is 1290. The predicted octanol–water partition coefficient (Wildman–Crippen LogP) is 5.45. The van der Waals surface area contributed by atoms with Gasteiger partial charge in [0.25, 0.3) is 0 Å². The Morgan fingerprint density at radius 2 is 1.59 bits per heavy atom. The number of fused-ring (bicyclic) bond motifs is 3. The zero-order valence-electron chi connectivity index (χ0n) is 15.3. The Morgan fingerprint density at radius 3 is 2.41 bits per heavy atom. The number of nitrogens with zero attached hydrogens (tertiary/aromatic N) is 2. The largest absolute Gasteiger partial charge is 0.453 e. The van der Waals surface area contributed by atoms with E-state index in [4.69, 9.17) is 4.42 Å². The van der Waals surface area contributed by atoms with Gasteiger partial charge in [-0.3, -0.25) is 4.98 Å². The second kappa shape index (κ2) is 6.06. The summed E-state index contributed by atoms with van der Waals surface area (Å²) in [5.74, 6) is 0. The Morgan fingerprint density at radius 1 is 0.815 bits per heavy atom. The number of rotatable bonds is 2. The quantitative estimate of drug-likeness (QED) is 0.396. The highest BCUT2D eigenvalue weighted by Crippen LogP contribution is 2.39. The molecule has 3 heterocycles. The van der Waals surface area contributed by atoms with Crippen molar-refractivity contribution in [2.24, 2.45) is 7.05 Å². The minimum absolute atomic E-state index is 0.837. The van der Waals surface area contributed by atoms with Crippen LogP contribution in [-0.4, -0.2) is 4.98 Å². The van der Waals surface area contributed by atoms with Crippen molar-refractivity contribution in [1.82, 2.24) is 4.98 Å². The maximum atomic E-state index is 6.48. The van der Waals surface area contributed by atoms with Crippen LogP contribution in [0, 0.1) is 6.92 Å². The Balaban J connectivity index is 1.89. The molecule has 5 rings (SSSR count). The van der Waals surface area contributed by atoms with Crippen LogP contribution in [0.3, 0.4) is 0 Å². The number of hydrogen-bond acceptors (Lipinski definition) is 2. The first-order valence-corrected chi connectivity index (χ1v) is 9.05. The fourth-order valence-electron chi connectivity index (χ4n) is 3.77. The van der Waals surface area contributed by atoms with Gasteiger partial charge in [-0.05, 0) is 24.6 Å². The average molecular weight is 351 g/mol. The molecule has 0 N–H and O–H groups in total. The lowest BCUT2D eigenvalue weighted by Crippen LogP contribution is -2.30. The third-order valence-electron chi connectivity index (χ3n) is 5.12. The zero-order chi connectivity index (χ0) is 18.4. The topological polar surface area (TPSA) is 29.9 Å². The van der Waals surface area contributed by atoms with E-state index in [9.17, 15) is 0 Å². The molecule has 0 aliphatic rings. The normalized spacial score (nSPS) is 11.3. The maximum absolute atomic E-state index is 6.48. The van der Waals surface area contributed by atoms with E-state index in [1.54, 1.807) is 0 Å². The first-order valence-electron chi connectivity index (χ1n) is 9.05. The van der Waals surface area contributed by atoms with Crippen LogP contribution in [0.25, 0.3) is 44.5 Å². The summed E-state index contributed by atoms with van der Waals surface area (Å²) in [5.41, 5.74) is 7.15. The molecular weight excluding hydrogens is 332 g/mol. The van der Waals surface area contributed by atoms with Crippen molar-refractivity contribution in [2.45, 2.75) is 6.92 Å². The first kappa shape index (κ1) is 15.8. The van der Waals surface area contributed by atoms with Gasteiger partial charge in [-0.15, -0.1) is 0 Å². The molecule has 130 valence electrons. The zero-order valence-corrected chi connectivity index (χ0v) is 15.3. The summed E-state index contributed by atoms with van der Waals surface area (Å²) >= 11 is 0. The lowest BCUT2D eigenvalue weighted by atomic mass is 10.0. The van der Waals surface area contributed by atoms with E-state index in [1.807, 2.05) is 36.5 Å². The van der Waals surface area contributed by atoms with Crippen LogP contribution in [-0.2, 0) is 7.05 Å². The standard InChI is InChI=1S/C24H19N2O/c1-16-11-12-18-19-13-14-25-22(17-8-4-3-5-9-17)24(19)27-23(18)21(16)20-10-6-7-15-26(20)2/h3-15H,1-2H3/q+1. The Kier molecular flexibility index (Phi) is 3.54. The molecule has 0 aliphatic heterocycles. The molecule has 3 nitrogen and oxygen atoms in total. The third kappa shape index (κ3) is 2.43. The molecule has 0 amide bonds. The fraction of sp³-hybridized carbons (Fsp3) is 0.0833. The van der Waals surface area contributed by atoms with Crippen LogP contribution < -0.4 is 4.57 Å². The molecule has 0 aliphatic carbocycles. The van der Waals surface area contributed by atoms with Crippen molar-refractivity contribution in [3.8, 4) is 22.5 Å². The molecule has 0 radical (unpaired) electrons. The van der Waals surface area contributed by atoms with Crippen LogP contribution in [0.5, 0.6) is 0 Å². The summed E-state index contributed by atoms with van der Waals surface area (Å²) in [6.07, 6.45) is 3.93. The molecule has 2 aromatic carbocycles. The Hall–Kier alpha value is -3.46. The number of benzene rings is 2. The van der Waals surface area contributed by atoms with Gasteiger partial charge in [0.1, 0.15) is 18.3 Å². The Labute approximate surface area is 157 Å². The van der Waals surface area contributed by atoms with Gasteiger partial charge in [-0.25, -0.2) is 4.57 Å². The highest BCUT2D eigenvalue weighted by Gasteiger charge is 2.21. The molecule has 0 spiro atoms. The van der Waals surface area contributed by atoms with Crippen LogP contribution in [0.15, 0.2) is 83.5 Å². The first-order chi connectivity index (χ1) is 13.2. The third-order valence-corrected chi connectivity index (χ3v) is 5.12. The molecule has 0 unspecified atom stereocenters. The van der Waals surface area contributed by atoms with E-state index in [2.05, 4.69) is 66.1 Å². The summed E-state index contributed by atoms with van der Waals surface area (Å²) in [6.45, 7) is 2.13. The second-order valence-electron chi connectivity index (χ2n) is 6.84. The van der Waals surface area contributed by atoms with Crippen molar-refractivity contribution < 1.29 is 8.98 Å². The van der Waals surface area contributed by atoms with E-state index >= 15 is 0 Å². The summed E-state index contributed by atoms with van der Waals surface area (Å²) in [6, 6.07) is 22.8. The van der Waals surface area contributed by atoms with Gasteiger partial charge in [0.15, 0.2) is 11.8 Å². The SMILES string of the molecule is Cc1ccc2c(oc3c(-c4ccccc4)nccc32)c1-c1cccc[n+]1C.